The second kappa shape index (κ2) is 7.00. The number of hydrogen-bond acceptors (Lipinski definition) is 4. The summed E-state index contributed by atoms with van der Waals surface area (Å²) in [5, 5.41) is 9.61. The van der Waals surface area contributed by atoms with Gasteiger partial charge in [-0.25, -0.2) is 4.68 Å². The normalized spacial score (nSPS) is 10.2. The monoisotopic (exact) mass is 272 g/mol. The van der Waals surface area contributed by atoms with E-state index in [0.29, 0.717) is 25.2 Å². The summed E-state index contributed by atoms with van der Waals surface area (Å²) in [6.45, 7) is 3.07. The van der Waals surface area contributed by atoms with E-state index in [1.54, 1.807) is 0 Å². The number of aromatic nitrogens is 2. The molecule has 1 amide bonds. The van der Waals surface area contributed by atoms with Gasteiger partial charge in [0.1, 0.15) is 5.02 Å². The number of nitrogens with zero attached hydrogens (tertiary/aromatic N) is 2. The predicted octanol–water partition coefficient (Wildman–Crippen LogP) is 0.762. The molecule has 0 saturated carbocycles. The van der Waals surface area contributed by atoms with Crippen LogP contribution in [0.15, 0.2) is 11.0 Å². The van der Waals surface area contributed by atoms with Crippen LogP contribution >= 0.6 is 11.6 Å². The Bertz CT molecular complexity index is 473. The van der Waals surface area contributed by atoms with Crippen LogP contribution in [0.3, 0.4) is 0 Å². The SMILES string of the molecule is CCCNC(=O)CCNc1cnn(C)c(=O)c1Cl. The van der Waals surface area contributed by atoms with Gasteiger partial charge in [-0.05, 0) is 6.42 Å². The van der Waals surface area contributed by atoms with Crippen molar-refractivity contribution in [2.45, 2.75) is 19.8 Å². The second-order valence-electron chi connectivity index (χ2n) is 3.83. The van der Waals surface area contributed by atoms with E-state index < -0.39 is 0 Å². The highest BCUT2D eigenvalue weighted by molar-refractivity contribution is 6.32. The maximum absolute atomic E-state index is 11.5. The van der Waals surface area contributed by atoms with Crippen LogP contribution in [0.4, 0.5) is 5.69 Å². The van der Waals surface area contributed by atoms with Crippen molar-refractivity contribution in [1.82, 2.24) is 15.1 Å². The van der Waals surface area contributed by atoms with Gasteiger partial charge in [0, 0.05) is 26.6 Å². The van der Waals surface area contributed by atoms with Crippen LogP contribution in [0.25, 0.3) is 0 Å². The van der Waals surface area contributed by atoms with Crippen LogP contribution in [-0.4, -0.2) is 28.8 Å². The van der Waals surface area contributed by atoms with Crippen molar-refractivity contribution in [2.75, 3.05) is 18.4 Å². The molecule has 0 saturated heterocycles. The minimum atomic E-state index is -0.364. The molecule has 0 spiro atoms. The first-order valence-electron chi connectivity index (χ1n) is 5.78. The third-order valence-electron chi connectivity index (χ3n) is 2.32. The zero-order chi connectivity index (χ0) is 13.5. The molecule has 0 aliphatic heterocycles. The van der Waals surface area contributed by atoms with Crippen molar-refractivity contribution in [3.63, 3.8) is 0 Å². The Balaban J connectivity index is 2.47. The van der Waals surface area contributed by atoms with Gasteiger partial charge in [-0.15, -0.1) is 0 Å². The van der Waals surface area contributed by atoms with Crippen molar-refractivity contribution in [1.29, 1.82) is 0 Å². The molecule has 0 atom stereocenters. The molecule has 0 radical (unpaired) electrons. The molecule has 0 unspecified atom stereocenters. The highest BCUT2D eigenvalue weighted by atomic mass is 35.5. The van der Waals surface area contributed by atoms with E-state index in [9.17, 15) is 9.59 Å². The van der Waals surface area contributed by atoms with Crippen LogP contribution in [0.5, 0.6) is 0 Å². The Morgan fingerprint density at radius 3 is 2.89 bits per heavy atom. The fourth-order valence-corrected chi connectivity index (χ4v) is 1.54. The summed E-state index contributed by atoms with van der Waals surface area (Å²) in [5.74, 6) is -0.0303. The lowest BCUT2D eigenvalue weighted by atomic mass is 10.3. The standard InChI is InChI=1S/C11H17ClN4O2/c1-3-5-14-9(17)4-6-13-8-7-15-16(2)11(18)10(8)12/h7,13H,3-6H2,1-2H3,(H,14,17). The van der Waals surface area contributed by atoms with Gasteiger partial charge in [0.15, 0.2) is 0 Å². The van der Waals surface area contributed by atoms with Gasteiger partial charge < -0.3 is 10.6 Å². The van der Waals surface area contributed by atoms with E-state index in [-0.39, 0.29) is 16.5 Å². The van der Waals surface area contributed by atoms with E-state index in [2.05, 4.69) is 15.7 Å². The molecular weight excluding hydrogens is 256 g/mol. The molecule has 1 heterocycles. The third kappa shape index (κ3) is 4.03. The lowest BCUT2D eigenvalue weighted by molar-refractivity contribution is -0.120. The fourth-order valence-electron chi connectivity index (χ4n) is 1.30. The number of anilines is 1. The molecular formula is C11H17ClN4O2. The highest BCUT2D eigenvalue weighted by Gasteiger charge is 2.07. The maximum Gasteiger partial charge on any atom is 0.287 e. The molecule has 1 rings (SSSR count). The molecule has 0 aliphatic carbocycles. The van der Waals surface area contributed by atoms with Crippen LogP contribution in [-0.2, 0) is 11.8 Å². The Hall–Kier alpha value is -1.56. The maximum atomic E-state index is 11.5. The number of halogens is 1. The van der Waals surface area contributed by atoms with E-state index >= 15 is 0 Å². The van der Waals surface area contributed by atoms with Gasteiger partial charge in [0.2, 0.25) is 5.91 Å². The molecule has 0 aromatic carbocycles. The van der Waals surface area contributed by atoms with Crippen LogP contribution in [0.1, 0.15) is 19.8 Å². The van der Waals surface area contributed by atoms with Crippen molar-refractivity contribution in [2.24, 2.45) is 7.05 Å². The number of carbonyl (C=O) groups excluding carboxylic acids is 1. The number of nitrogens with one attached hydrogen (secondary N) is 2. The summed E-state index contributed by atoms with van der Waals surface area (Å²) in [4.78, 5) is 22.8. The van der Waals surface area contributed by atoms with Crippen LogP contribution in [0, 0.1) is 0 Å². The lowest BCUT2D eigenvalue weighted by Crippen LogP contribution is -2.26. The van der Waals surface area contributed by atoms with E-state index in [4.69, 9.17) is 11.6 Å². The Morgan fingerprint density at radius 2 is 2.22 bits per heavy atom. The molecule has 6 nitrogen and oxygen atoms in total. The van der Waals surface area contributed by atoms with Crippen molar-refractivity contribution in [3.8, 4) is 0 Å². The first kappa shape index (κ1) is 14.5. The first-order valence-corrected chi connectivity index (χ1v) is 6.16. The Kier molecular flexibility index (Phi) is 5.64. The molecule has 2 N–H and O–H groups in total. The minimum Gasteiger partial charge on any atom is -0.382 e. The largest absolute Gasteiger partial charge is 0.382 e. The van der Waals surface area contributed by atoms with Crippen LogP contribution < -0.4 is 16.2 Å². The molecule has 1 aromatic heterocycles. The number of carbonyl (C=O) groups is 1. The number of hydrogen-bond donors (Lipinski definition) is 2. The predicted molar refractivity (Wildman–Crippen MR) is 70.9 cm³/mol. The Morgan fingerprint density at radius 1 is 1.50 bits per heavy atom. The molecule has 0 fully saturated rings. The molecule has 18 heavy (non-hydrogen) atoms. The van der Waals surface area contributed by atoms with Crippen molar-refractivity contribution >= 4 is 23.2 Å². The molecule has 0 aliphatic rings. The van der Waals surface area contributed by atoms with Gasteiger partial charge in [0.25, 0.3) is 5.56 Å². The zero-order valence-corrected chi connectivity index (χ0v) is 11.3. The summed E-state index contributed by atoms with van der Waals surface area (Å²) < 4.78 is 1.15. The highest BCUT2D eigenvalue weighted by Crippen LogP contribution is 2.14. The minimum absolute atomic E-state index is 0.0303. The van der Waals surface area contributed by atoms with Gasteiger partial charge in [-0.2, -0.15) is 5.10 Å². The average molecular weight is 273 g/mol. The van der Waals surface area contributed by atoms with Gasteiger partial charge >= 0.3 is 0 Å². The summed E-state index contributed by atoms with van der Waals surface area (Å²) >= 11 is 5.86. The first-order chi connectivity index (χ1) is 8.56. The van der Waals surface area contributed by atoms with Gasteiger partial charge in [-0.3, -0.25) is 9.59 Å². The number of aryl methyl sites for hydroxylation is 1. The van der Waals surface area contributed by atoms with E-state index in [1.807, 2.05) is 6.92 Å². The summed E-state index contributed by atoms with van der Waals surface area (Å²) in [6.07, 6.45) is 2.70. The lowest BCUT2D eigenvalue weighted by Gasteiger charge is -2.08. The quantitative estimate of drug-likeness (QED) is 0.802. The Labute approximate surface area is 110 Å². The van der Waals surface area contributed by atoms with Gasteiger partial charge in [0.05, 0.1) is 11.9 Å². The number of rotatable bonds is 6. The van der Waals surface area contributed by atoms with Crippen molar-refractivity contribution < 1.29 is 4.79 Å². The summed E-state index contributed by atoms with van der Waals surface area (Å²) in [6, 6.07) is 0. The molecule has 1 aromatic rings. The molecule has 7 heteroatoms. The average Bonchev–Trinajstić information content (AvgIpc) is 2.36. The van der Waals surface area contributed by atoms with Crippen LogP contribution in [0.2, 0.25) is 5.02 Å². The van der Waals surface area contributed by atoms with Crippen molar-refractivity contribution in [3.05, 3.63) is 21.6 Å². The second-order valence-corrected chi connectivity index (χ2v) is 4.21. The third-order valence-corrected chi connectivity index (χ3v) is 2.68. The zero-order valence-electron chi connectivity index (χ0n) is 10.5. The van der Waals surface area contributed by atoms with Gasteiger partial charge in [-0.1, -0.05) is 18.5 Å². The summed E-state index contributed by atoms with van der Waals surface area (Å²) in [7, 11) is 1.52. The van der Waals surface area contributed by atoms with E-state index in [1.165, 1.54) is 13.2 Å². The number of amides is 1. The molecule has 100 valence electrons. The smallest absolute Gasteiger partial charge is 0.287 e. The molecule has 0 bridgehead atoms. The summed E-state index contributed by atoms with van der Waals surface area (Å²) in [5.41, 5.74) is 0.0835. The van der Waals surface area contributed by atoms with E-state index in [0.717, 1.165) is 11.1 Å². The topological polar surface area (TPSA) is 76.0 Å². The fraction of sp³-hybridized carbons (Fsp3) is 0.545.